The van der Waals surface area contributed by atoms with Crippen LogP contribution in [0.1, 0.15) is 19.5 Å². The van der Waals surface area contributed by atoms with Crippen LogP contribution in [0.4, 0.5) is 5.82 Å². The summed E-state index contributed by atoms with van der Waals surface area (Å²) in [5, 5.41) is 0. The maximum Gasteiger partial charge on any atom is 0.137 e. The molecule has 0 amide bonds. The quantitative estimate of drug-likeness (QED) is 0.725. The average Bonchev–Trinajstić information content (AvgIpc) is 2.02. The van der Waals surface area contributed by atoms with Gasteiger partial charge in [0.1, 0.15) is 5.82 Å². The molecule has 3 heteroatoms. The van der Waals surface area contributed by atoms with Crippen molar-refractivity contribution in [3.05, 3.63) is 22.3 Å². The summed E-state index contributed by atoms with van der Waals surface area (Å²) in [5.74, 6) is 0.551. The van der Waals surface area contributed by atoms with Gasteiger partial charge in [-0.15, -0.1) is 0 Å². The highest BCUT2D eigenvalue weighted by molar-refractivity contribution is 9.10. The van der Waals surface area contributed by atoms with Crippen molar-refractivity contribution >= 4 is 21.7 Å². The van der Waals surface area contributed by atoms with E-state index in [-0.39, 0.29) is 0 Å². The van der Waals surface area contributed by atoms with E-state index in [1.807, 2.05) is 32.9 Å². The number of nitrogens with two attached hydrogens (primary N) is 1. The molecule has 0 aliphatic carbocycles. The Morgan fingerprint density at radius 2 is 1.91 bits per heavy atom. The van der Waals surface area contributed by atoms with Crippen LogP contribution in [0.5, 0.6) is 0 Å². The van der Waals surface area contributed by atoms with Crippen molar-refractivity contribution in [3.8, 4) is 0 Å². The lowest BCUT2D eigenvalue weighted by atomic mass is 10.4. The minimum atomic E-state index is 0.551. The molecule has 2 nitrogen and oxygen atoms in total. The number of aromatic nitrogens is 1. The third-order valence-electron chi connectivity index (χ3n) is 1.01. The van der Waals surface area contributed by atoms with E-state index in [4.69, 9.17) is 5.73 Å². The summed E-state index contributed by atoms with van der Waals surface area (Å²) in [6, 6.07) is 3.79. The lowest BCUT2D eigenvalue weighted by molar-refractivity contribution is 1.20. The molecule has 0 unspecified atom stereocenters. The minimum Gasteiger partial charge on any atom is -0.383 e. The highest BCUT2D eigenvalue weighted by atomic mass is 79.9. The first-order valence-corrected chi connectivity index (χ1v) is 4.38. The van der Waals surface area contributed by atoms with Crippen LogP contribution in [-0.2, 0) is 0 Å². The SMILES string of the molecule is CC.Cc1ccc(Br)c(N)n1. The molecular formula is C8H13BrN2. The second-order valence-electron chi connectivity index (χ2n) is 1.82. The van der Waals surface area contributed by atoms with E-state index >= 15 is 0 Å². The van der Waals surface area contributed by atoms with Gasteiger partial charge in [-0.25, -0.2) is 4.98 Å². The Bertz CT molecular complexity index is 223. The number of hydrogen-bond acceptors (Lipinski definition) is 2. The van der Waals surface area contributed by atoms with Crippen molar-refractivity contribution < 1.29 is 0 Å². The van der Waals surface area contributed by atoms with E-state index in [2.05, 4.69) is 20.9 Å². The molecule has 0 saturated carbocycles. The monoisotopic (exact) mass is 216 g/mol. The van der Waals surface area contributed by atoms with Gasteiger partial charge in [0.2, 0.25) is 0 Å². The first-order chi connectivity index (χ1) is 5.20. The van der Waals surface area contributed by atoms with Gasteiger partial charge in [0.05, 0.1) is 4.47 Å². The molecule has 0 atom stereocenters. The van der Waals surface area contributed by atoms with Crippen LogP contribution in [0.15, 0.2) is 16.6 Å². The van der Waals surface area contributed by atoms with Crippen LogP contribution in [0, 0.1) is 6.92 Å². The second kappa shape index (κ2) is 5.13. The molecule has 1 rings (SSSR count). The number of aryl methyl sites for hydroxylation is 1. The van der Waals surface area contributed by atoms with E-state index < -0.39 is 0 Å². The highest BCUT2D eigenvalue weighted by Crippen LogP contribution is 2.15. The van der Waals surface area contributed by atoms with Crippen molar-refractivity contribution in [1.82, 2.24) is 4.98 Å². The molecule has 1 aromatic heterocycles. The van der Waals surface area contributed by atoms with E-state index in [1.165, 1.54) is 0 Å². The molecule has 0 aliphatic rings. The molecule has 0 aromatic carbocycles. The van der Waals surface area contributed by atoms with Crippen LogP contribution >= 0.6 is 15.9 Å². The van der Waals surface area contributed by atoms with Crippen molar-refractivity contribution in [3.63, 3.8) is 0 Å². The molecule has 11 heavy (non-hydrogen) atoms. The smallest absolute Gasteiger partial charge is 0.137 e. The fourth-order valence-electron chi connectivity index (χ4n) is 0.560. The van der Waals surface area contributed by atoms with E-state index in [0.717, 1.165) is 10.2 Å². The number of halogens is 1. The number of anilines is 1. The summed E-state index contributed by atoms with van der Waals surface area (Å²) in [5.41, 5.74) is 6.40. The Hall–Kier alpha value is -0.570. The Morgan fingerprint density at radius 1 is 1.36 bits per heavy atom. The van der Waals surface area contributed by atoms with Crippen LogP contribution < -0.4 is 5.73 Å². The zero-order valence-electron chi connectivity index (χ0n) is 7.06. The first-order valence-electron chi connectivity index (χ1n) is 3.59. The van der Waals surface area contributed by atoms with Crippen molar-refractivity contribution in [1.29, 1.82) is 0 Å². The highest BCUT2D eigenvalue weighted by Gasteiger charge is 1.93. The predicted molar refractivity (Wildman–Crippen MR) is 52.4 cm³/mol. The minimum absolute atomic E-state index is 0.551. The van der Waals surface area contributed by atoms with Crippen molar-refractivity contribution in [2.75, 3.05) is 5.73 Å². The fourth-order valence-corrected chi connectivity index (χ4v) is 0.781. The maximum absolute atomic E-state index is 5.46. The topological polar surface area (TPSA) is 38.9 Å². The largest absolute Gasteiger partial charge is 0.383 e. The van der Waals surface area contributed by atoms with Gasteiger partial charge >= 0.3 is 0 Å². The molecule has 1 aromatic rings. The van der Waals surface area contributed by atoms with Gasteiger partial charge in [-0.3, -0.25) is 0 Å². The molecule has 0 aliphatic heterocycles. The number of nitrogen functional groups attached to an aromatic ring is 1. The Morgan fingerprint density at radius 3 is 2.27 bits per heavy atom. The first kappa shape index (κ1) is 10.4. The molecule has 0 radical (unpaired) electrons. The summed E-state index contributed by atoms with van der Waals surface area (Å²) in [6.45, 7) is 5.91. The lowest BCUT2D eigenvalue weighted by Gasteiger charge is -1.95. The van der Waals surface area contributed by atoms with Crippen molar-refractivity contribution in [2.45, 2.75) is 20.8 Å². The van der Waals surface area contributed by atoms with Gasteiger partial charge in [0.25, 0.3) is 0 Å². The molecule has 62 valence electrons. The molecule has 1 heterocycles. The van der Waals surface area contributed by atoms with E-state index in [0.29, 0.717) is 5.82 Å². The summed E-state index contributed by atoms with van der Waals surface area (Å²) < 4.78 is 0.855. The van der Waals surface area contributed by atoms with Crippen LogP contribution in [0.3, 0.4) is 0 Å². The zero-order chi connectivity index (χ0) is 8.85. The average molecular weight is 217 g/mol. The van der Waals surface area contributed by atoms with Gasteiger partial charge in [-0.2, -0.15) is 0 Å². The standard InChI is InChI=1S/C6H7BrN2.C2H6/c1-4-2-3-5(7)6(8)9-4;1-2/h2-3H,1H3,(H2,8,9);1-2H3. The number of nitrogens with zero attached hydrogens (tertiary/aromatic N) is 1. The molecular weight excluding hydrogens is 204 g/mol. The summed E-state index contributed by atoms with van der Waals surface area (Å²) in [4.78, 5) is 4.00. The Balaban J connectivity index is 0.000000461. The number of rotatable bonds is 0. The summed E-state index contributed by atoms with van der Waals surface area (Å²) in [6.07, 6.45) is 0. The van der Waals surface area contributed by atoms with Crippen LogP contribution in [-0.4, -0.2) is 4.98 Å². The fraction of sp³-hybridized carbons (Fsp3) is 0.375. The molecule has 0 bridgehead atoms. The predicted octanol–water partition coefficient (Wildman–Crippen LogP) is 2.76. The van der Waals surface area contributed by atoms with Gasteiger partial charge in [0.15, 0.2) is 0 Å². The lowest BCUT2D eigenvalue weighted by Crippen LogP contribution is -1.92. The Kier molecular flexibility index (Phi) is 4.86. The maximum atomic E-state index is 5.46. The number of hydrogen-bond donors (Lipinski definition) is 1. The third-order valence-corrected chi connectivity index (χ3v) is 1.68. The van der Waals surface area contributed by atoms with Gasteiger partial charge in [-0.1, -0.05) is 13.8 Å². The van der Waals surface area contributed by atoms with Gasteiger partial charge in [0, 0.05) is 5.69 Å². The normalized spacial score (nSPS) is 8.36. The van der Waals surface area contributed by atoms with Gasteiger partial charge in [-0.05, 0) is 35.0 Å². The molecule has 0 saturated heterocycles. The molecule has 2 N–H and O–H groups in total. The van der Waals surface area contributed by atoms with Gasteiger partial charge < -0.3 is 5.73 Å². The summed E-state index contributed by atoms with van der Waals surface area (Å²) in [7, 11) is 0. The van der Waals surface area contributed by atoms with Crippen molar-refractivity contribution in [2.24, 2.45) is 0 Å². The third kappa shape index (κ3) is 3.37. The van der Waals surface area contributed by atoms with E-state index in [1.54, 1.807) is 0 Å². The second-order valence-corrected chi connectivity index (χ2v) is 2.67. The van der Waals surface area contributed by atoms with Crippen LogP contribution in [0.2, 0.25) is 0 Å². The molecule has 0 spiro atoms. The summed E-state index contributed by atoms with van der Waals surface area (Å²) >= 11 is 3.24. The van der Waals surface area contributed by atoms with Crippen LogP contribution in [0.25, 0.3) is 0 Å². The zero-order valence-corrected chi connectivity index (χ0v) is 8.64. The van der Waals surface area contributed by atoms with E-state index in [9.17, 15) is 0 Å². The Labute approximate surface area is 76.0 Å². The number of pyridine rings is 1. The molecule has 0 fully saturated rings.